The molecule has 1 atom stereocenters. The molecule has 0 bridgehead atoms. The zero-order chi connectivity index (χ0) is 20.6. The average Bonchev–Trinajstić information content (AvgIpc) is 2.74. The van der Waals surface area contributed by atoms with Crippen LogP contribution in [0.1, 0.15) is 12.5 Å². The van der Waals surface area contributed by atoms with Gasteiger partial charge in [0.05, 0.1) is 22.1 Å². The highest BCUT2D eigenvalue weighted by molar-refractivity contribution is 8.00. The molecule has 2 aromatic carbocycles. The van der Waals surface area contributed by atoms with Crippen LogP contribution < -0.4 is 10.1 Å². The Morgan fingerprint density at radius 3 is 2.48 bits per heavy atom. The molecule has 0 saturated carbocycles. The van der Waals surface area contributed by atoms with Gasteiger partial charge in [-0.15, -0.1) is 11.8 Å². The predicted octanol–water partition coefficient (Wildman–Crippen LogP) is 4.69. The summed E-state index contributed by atoms with van der Waals surface area (Å²) >= 11 is 1.32. The second-order valence-corrected chi connectivity index (χ2v) is 7.57. The van der Waals surface area contributed by atoms with Gasteiger partial charge in [0.25, 0.3) is 5.69 Å². The zero-order valence-electron chi connectivity index (χ0n) is 15.6. The van der Waals surface area contributed by atoms with Gasteiger partial charge in [-0.05, 0) is 30.7 Å². The number of nitrogens with zero attached hydrogens (tertiary/aromatic N) is 2. The van der Waals surface area contributed by atoms with E-state index in [0.29, 0.717) is 18.2 Å². The van der Waals surface area contributed by atoms with E-state index in [9.17, 15) is 14.9 Å². The van der Waals surface area contributed by atoms with Crippen molar-refractivity contribution in [3.05, 3.63) is 88.6 Å². The van der Waals surface area contributed by atoms with E-state index in [1.54, 1.807) is 37.4 Å². The first-order valence-electron chi connectivity index (χ1n) is 8.86. The number of carbonyl (C=O) groups excluding carboxylic acids is 1. The number of hydrogen-bond donors (Lipinski definition) is 1. The number of benzene rings is 2. The fraction of sp³-hybridized carbons (Fsp3) is 0.143. The summed E-state index contributed by atoms with van der Waals surface area (Å²) in [5.74, 6) is 0.285. The van der Waals surface area contributed by atoms with Crippen LogP contribution in [-0.2, 0) is 11.4 Å². The molecular formula is C21H19N3O4S. The summed E-state index contributed by atoms with van der Waals surface area (Å²) in [6.07, 6.45) is 1.54. The number of hydrogen-bond acceptors (Lipinski definition) is 6. The van der Waals surface area contributed by atoms with Crippen molar-refractivity contribution in [2.45, 2.75) is 23.7 Å². The molecule has 3 rings (SSSR count). The molecule has 0 saturated heterocycles. The fourth-order valence-corrected chi connectivity index (χ4v) is 3.29. The number of rotatable bonds is 8. The number of ether oxygens (including phenoxy) is 1. The molecule has 0 fully saturated rings. The Hall–Kier alpha value is -3.39. The predicted molar refractivity (Wildman–Crippen MR) is 112 cm³/mol. The van der Waals surface area contributed by atoms with Crippen molar-refractivity contribution in [3.8, 4) is 5.88 Å². The van der Waals surface area contributed by atoms with Crippen molar-refractivity contribution < 1.29 is 14.5 Å². The summed E-state index contributed by atoms with van der Waals surface area (Å²) in [6.45, 7) is 2.19. The van der Waals surface area contributed by atoms with Gasteiger partial charge in [0, 0.05) is 23.1 Å². The Kier molecular flexibility index (Phi) is 6.80. The minimum Gasteiger partial charge on any atom is -0.473 e. The summed E-state index contributed by atoms with van der Waals surface area (Å²) in [4.78, 5) is 27.6. The number of nitrogens with one attached hydrogen (secondary N) is 1. The Balaban J connectivity index is 1.51. The zero-order valence-corrected chi connectivity index (χ0v) is 16.5. The summed E-state index contributed by atoms with van der Waals surface area (Å²) in [5, 5.41) is 13.1. The molecule has 1 aromatic heterocycles. The van der Waals surface area contributed by atoms with Gasteiger partial charge in [-0.3, -0.25) is 14.9 Å². The molecule has 7 nitrogen and oxygen atoms in total. The number of anilines is 1. The number of thioether (sulfide) groups is 1. The fourth-order valence-electron chi connectivity index (χ4n) is 2.42. The van der Waals surface area contributed by atoms with Crippen LogP contribution in [-0.4, -0.2) is 21.1 Å². The smallest absolute Gasteiger partial charge is 0.269 e. The number of carbonyl (C=O) groups is 1. The lowest BCUT2D eigenvalue weighted by Crippen LogP contribution is -2.22. The molecular weight excluding hydrogens is 390 g/mol. The molecule has 0 spiro atoms. The van der Waals surface area contributed by atoms with E-state index in [4.69, 9.17) is 4.74 Å². The highest BCUT2D eigenvalue weighted by Crippen LogP contribution is 2.26. The van der Waals surface area contributed by atoms with Crippen LogP contribution in [0.5, 0.6) is 5.88 Å². The van der Waals surface area contributed by atoms with Crippen molar-refractivity contribution in [3.63, 3.8) is 0 Å². The molecule has 8 heteroatoms. The van der Waals surface area contributed by atoms with E-state index in [-0.39, 0.29) is 16.8 Å². The molecule has 29 heavy (non-hydrogen) atoms. The number of nitro groups is 1. The molecule has 0 aliphatic heterocycles. The lowest BCUT2D eigenvalue weighted by molar-refractivity contribution is -0.384. The quantitative estimate of drug-likeness (QED) is 0.330. The van der Waals surface area contributed by atoms with E-state index in [1.807, 2.05) is 30.3 Å². The third kappa shape index (κ3) is 6.05. The molecule has 148 valence electrons. The largest absolute Gasteiger partial charge is 0.473 e. The second-order valence-electron chi connectivity index (χ2n) is 6.16. The first kappa shape index (κ1) is 20.3. The van der Waals surface area contributed by atoms with Gasteiger partial charge in [-0.2, -0.15) is 0 Å². The third-order valence-corrected chi connectivity index (χ3v) is 5.08. The number of non-ortho nitro benzene ring substituents is 1. The molecule has 1 amide bonds. The Bertz CT molecular complexity index is 963. The molecule has 1 heterocycles. The topological polar surface area (TPSA) is 94.4 Å². The van der Waals surface area contributed by atoms with Gasteiger partial charge in [-0.25, -0.2) is 4.98 Å². The lowest BCUT2D eigenvalue weighted by Gasteiger charge is -2.12. The summed E-state index contributed by atoms with van der Waals surface area (Å²) < 4.78 is 5.63. The van der Waals surface area contributed by atoms with Crippen molar-refractivity contribution in [1.82, 2.24) is 4.98 Å². The number of amides is 1. The lowest BCUT2D eigenvalue weighted by atomic mass is 10.2. The van der Waals surface area contributed by atoms with Crippen LogP contribution >= 0.6 is 11.8 Å². The van der Waals surface area contributed by atoms with E-state index in [0.717, 1.165) is 10.5 Å². The molecule has 1 unspecified atom stereocenters. The SMILES string of the molecule is CC(Sc1ccc([N+](=O)[O-])cc1)C(=O)Nc1ccc(OCc2ccccc2)nc1. The average molecular weight is 409 g/mol. The maximum Gasteiger partial charge on any atom is 0.269 e. The van der Waals surface area contributed by atoms with Gasteiger partial charge in [0.2, 0.25) is 11.8 Å². The van der Waals surface area contributed by atoms with Gasteiger partial charge < -0.3 is 10.1 Å². The van der Waals surface area contributed by atoms with Crippen LogP contribution in [0.15, 0.2) is 77.8 Å². The number of nitro benzene ring substituents is 1. The molecule has 1 N–H and O–H groups in total. The summed E-state index contributed by atoms with van der Waals surface area (Å²) in [6, 6.07) is 19.3. The van der Waals surface area contributed by atoms with Crippen LogP contribution in [0.3, 0.4) is 0 Å². The monoisotopic (exact) mass is 409 g/mol. The highest BCUT2D eigenvalue weighted by atomic mass is 32.2. The molecule has 0 aliphatic rings. The second kappa shape index (κ2) is 9.70. The summed E-state index contributed by atoms with van der Waals surface area (Å²) in [5.41, 5.74) is 1.63. The van der Waals surface area contributed by atoms with E-state index in [1.165, 1.54) is 23.9 Å². The molecule has 3 aromatic rings. The maximum atomic E-state index is 12.4. The number of aromatic nitrogens is 1. The van der Waals surface area contributed by atoms with E-state index < -0.39 is 4.92 Å². The highest BCUT2D eigenvalue weighted by Gasteiger charge is 2.15. The van der Waals surface area contributed by atoms with Crippen LogP contribution in [0.25, 0.3) is 0 Å². The van der Waals surface area contributed by atoms with Crippen molar-refractivity contribution >= 4 is 29.0 Å². The van der Waals surface area contributed by atoms with Crippen molar-refractivity contribution in [2.24, 2.45) is 0 Å². The Morgan fingerprint density at radius 2 is 1.86 bits per heavy atom. The molecule has 0 aliphatic carbocycles. The number of pyridine rings is 1. The van der Waals surface area contributed by atoms with Gasteiger partial charge in [0.15, 0.2) is 0 Å². The van der Waals surface area contributed by atoms with E-state index >= 15 is 0 Å². The minimum absolute atomic E-state index is 0.0205. The van der Waals surface area contributed by atoms with Crippen molar-refractivity contribution in [1.29, 1.82) is 0 Å². The normalized spacial score (nSPS) is 11.5. The minimum atomic E-state index is -0.454. The van der Waals surface area contributed by atoms with Crippen molar-refractivity contribution in [2.75, 3.05) is 5.32 Å². The third-order valence-electron chi connectivity index (χ3n) is 3.96. The first-order chi connectivity index (χ1) is 14.0. The van der Waals surface area contributed by atoms with E-state index in [2.05, 4.69) is 10.3 Å². The van der Waals surface area contributed by atoms with Crippen LogP contribution in [0, 0.1) is 10.1 Å². The Morgan fingerprint density at radius 1 is 1.14 bits per heavy atom. The van der Waals surface area contributed by atoms with Gasteiger partial charge >= 0.3 is 0 Å². The van der Waals surface area contributed by atoms with Gasteiger partial charge in [-0.1, -0.05) is 30.3 Å². The first-order valence-corrected chi connectivity index (χ1v) is 9.74. The standard InChI is InChI=1S/C21H19N3O4S/c1-15(29-19-10-8-18(9-11-19)24(26)27)21(25)23-17-7-12-20(22-13-17)28-14-16-5-3-2-4-6-16/h2-13,15H,14H2,1H3,(H,23,25). The maximum absolute atomic E-state index is 12.4. The Labute approximate surface area is 172 Å². The van der Waals surface area contributed by atoms with Crippen LogP contribution in [0.4, 0.5) is 11.4 Å². The summed E-state index contributed by atoms with van der Waals surface area (Å²) in [7, 11) is 0. The molecule has 0 radical (unpaired) electrons. The van der Waals surface area contributed by atoms with Gasteiger partial charge in [0.1, 0.15) is 6.61 Å². The van der Waals surface area contributed by atoms with Crippen LogP contribution in [0.2, 0.25) is 0 Å².